The average Bonchev–Trinajstić information content (AvgIpc) is 3.00. The van der Waals surface area contributed by atoms with E-state index in [1.54, 1.807) is 6.33 Å². The molecule has 0 fully saturated rings. The van der Waals surface area contributed by atoms with Gasteiger partial charge in [0.1, 0.15) is 17.6 Å². The second-order valence-corrected chi connectivity index (χ2v) is 4.36. The van der Waals surface area contributed by atoms with E-state index >= 15 is 0 Å². The molecule has 1 aromatic carbocycles. The van der Waals surface area contributed by atoms with E-state index in [4.69, 9.17) is 10.2 Å². The minimum absolute atomic E-state index is 0.394. The van der Waals surface area contributed by atoms with Crippen molar-refractivity contribution < 1.29 is 4.42 Å². The van der Waals surface area contributed by atoms with Crippen LogP contribution < -0.4 is 11.1 Å². The van der Waals surface area contributed by atoms with Gasteiger partial charge in [0.05, 0.1) is 6.54 Å². The molecule has 3 heterocycles. The van der Waals surface area contributed by atoms with Crippen molar-refractivity contribution in [2.24, 2.45) is 10.7 Å². The number of fused-ring (bicyclic) bond motifs is 2. The molecule has 0 bridgehead atoms. The Balaban J connectivity index is 1.92. The van der Waals surface area contributed by atoms with Gasteiger partial charge in [-0.05, 0) is 6.07 Å². The van der Waals surface area contributed by atoms with Crippen LogP contribution in [0.15, 0.2) is 46.1 Å². The standard InChI is InChI=1S/C13H11N5O/c14-13-15-6-9-12(17-13)18(7-16-9)11-5-8-3-1-2-4-10(8)19-11/h1-5,7H,6H2,(H3,14,15,17). The number of para-hydroxylation sites is 1. The van der Waals surface area contributed by atoms with E-state index in [0.717, 1.165) is 22.5 Å². The van der Waals surface area contributed by atoms with Crippen molar-refractivity contribution in [1.29, 1.82) is 0 Å². The third-order valence-electron chi connectivity index (χ3n) is 3.13. The quantitative estimate of drug-likeness (QED) is 0.691. The number of rotatable bonds is 1. The zero-order valence-electron chi connectivity index (χ0n) is 10.00. The van der Waals surface area contributed by atoms with Crippen LogP contribution in [-0.4, -0.2) is 15.5 Å². The SMILES string of the molecule is NC1=Nc2c(ncn2-c2cc3ccccc3o2)CN1. The fourth-order valence-corrected chi connectivity index (χ4v) is 2.20. The van der Waals surface area contributed by atoms with E-state index in [-0.39, 0.29) is 0 Å². The van der Waals surface area contributed by atoms with Gasteiger partial charge in [0, 0.05) is 11.5 Å². The summed E-state index contributed by atoms with van der Waals surface area (Å²) in [7, 11) is 0. The predicted molar refractivity (Wildman–Crippen MR) is 71.5 cm³/mol. The van der Waals surface area contributed by atoms with Crippen molar-refractivity contribution in [3.63, 3.8) is 0 Å². The summed E-state index contributed by atoms with van der Waals surface area (Å²) in [6, 6.07) is 9.82. The van der Waals surface area contributed by atoms with E-state index in [9.17, 15) is 0 Å². The van der Waals surface area contributed by atoms with Crippen LogP contribution in [0.2, 0.25) is 0 Å². The maximum absolute atomic E-state index is 5.81. The highest BCUT2D eigenvalue weighted by Crippen LogP contribution is 2.28. The number of hydrogen-bond donors (Lipinski definition) is 2. The average molecular weight is 253 g/mol. The molecule has 1 aliphatic rings. The second kappa shape index (κ2) is 3.61. The second-order valence-electron chi connectivity index (χ2n) is 4.36. The molecule has 4 rings (SSSR count). The Bertz CT molecular complexity index is 765. The summed E-state index contributed by atoms with van der Waals surface area (Å²) in [6.45, 7) is 0.581. The summed E-state index contributed by atoms with van der Waals surface area (Å²) < 4.78 is 7.61. The molecule has 0 atom stereocenters. The first-order valence-corrected chi connectivity index (χ1v) is 5.94. The fraction of sp³-hybridized carbons (Fsp3) is 0.0769. The van der Waals surface area contributed by atoms with Crippen molar-refractivity contribution in [3.8, 4) is 5.88 Å². The Morgan fingerprint density at radius 2 is 2.21 bits per heavy atom. The topological polar surface area (TPSA) is 81.4 Å². The van der Waals surface area contributed by atoms with Gasteiger partial charge in [-0.3, -0.25) is 4.57 Å². The lowest BCUT2D eigenvalue weighted by Gasteiger charge is -2.11. The molecule has 3 aromatic rings. The van der Waals surface area contributed by atoms with E-state index in [1.165, 1.54) is 0 Å². The largest absolute Gasteiger partial charge is 0.440 e. The van der Waals surface area contributed by atoms with E-state index in [0.29, 0.717) is 18.4 Å². The number of hydrogen-bond acceptors (Lipinski definition) is 5. The lowest BCUT2D eigenvalue weighted by Crippen LogP contribution is -2.33. The zero-order valence-corrected chi connectivity index (χ0v) is 10.00. The molecule has 94 valence electrons. The molecule has 0 saturated heterocycles. The van der Waals surface area contributed by atoms with Gasteiger partial charge in [0.2, 0.25) is 5.88 Å². The Hall–Kier alpha value is -2.76. The molecular formula is C13H11N5O. The van der Waals surface area contributed by atoms with Crippen molar-refractivity contribution in [3.05, 3.63) is 42.4 Å². The Kier molecular flexibility index (Phi) is 1.94. The highest BCUT2D eigenvalue weighted by Gasteiger charge is 2.18. The molecule has 0 saturated carbocycles. The van der Waals surface area contributed by atoms with Crippen molar-refractivity contribution in [2.75, 3.05) is 0 Å². The lowest BCUT2D eigenvalue weighted by atomic mass is 10.3. The number of benzene rings is 1. The molecule has 19 heavy (non-hydrogen) atoms. The minimum Gasteiger partial charge on any atom is -0.440 e. The molecule has 3 N–H and O–H groups in total. The predicted octanol–water partition coefficient (Wildman–Crippen LogP) is 1.67. The third-order valence-corrected chi connectivity index (χ3v) is 3.13. The van der Waals surface area contributed by atoms with Crippen LogP contribution in [0.25, 0.3) is 16.9 Å². The zero-order chi connectivity index (χ0) is 12.8. The van der Waals surface area contributed by atoms with Gasteiger partial charge < -0.3 is 15.5 Å². The summed E-state index contributed by atoms with van der Waals surface area (Å²) in [4.78, 5) is 8.59. The molecule has 0 amide bonds. The molecule has 2 aromatic heterocycles. The van der Waals surface area contributed by atoms with Crippen LogP contribution in [0.3, 0.4) is 0 Å². The normalized spacial score (nSPS) is 14.0. The Morgan fingerprint density at radius 1 is 1.32 bits per heavy atom. The van der Waals surface area contributed by atoms with Gasteiger partial charge >= 0.3 is 0 Å². The smallest absolute Gasteiger partial charge is 0.207 e. The first-order valence-electron chi connectivity index (χ1n) is 5.94. The van der Waals surface area contributed by atoms with Crippen LogP contribution >= 0.6 is 0 Å². The van der Waals surface area contributed by atoms with Crippen molar-refractivity contribution in [1.82, 2.24) is 14.9 Å². The summed E-state index contributed by atoms with van der Waals surface area (Å²) >= 11 is 0. The first kappa shape index (κ1) is 10.2. The molecule has 0 radical (unpaired) electrons. The number of furan rings is 1. The summed E-state index contributed by atoms with van der Waals surface area (Å²) in [5.74, 6) is 1.80. The maximum atomic E-state index is 5.81. The number of aromatic nitrogens is 2. The van der Waals surface area contributed by atoms with Gasteiger partial charge in [-0.15, -0.1) is 0 Å². The summed E-state index contributed by atoms with van der Waals surface area (Å²) in [5.41, 5.74) is 7.39. The van der Waals surface area contributed by atoms with Crippen LogP contribution in [0.1, 0.15) is 5.69 Å². The molecule has 1 aliphatic heterocycles. The van der Waals surface area contributed by atoms with Crippen LogP contribution in [0.4, 0.5) is 5.82 Å². The summed E-state index contributed by atoms with van der Waals surface area (Å²) in [5, 5.41) is 4.00. The molecular weight excluding hydrogens is 242 g/mol. The number of nitrogens with zero attached hydrogens (tertiary/aromatic N) is 3. The van der Waals surface area contributed by atoms with Crippen LogP contribution in [0, 0.1) is 0 Å². The van der Waals surface area contributed by atoms with Gasteiger partial charge in [0.25, 0.3) is 0 Å². The molecule has 0 spiro atoms. The molecule has 0 aliphatic carbocycles. The number of guanidine groups is 1. The van der Waals surface area contributed by atoms with Gasteiger partial charge in [0.15, 0.2) is 11.8 Å². The number of aliphatic imine (C=N–C) groups is 1. The van der Waals surface area contributed by atoms with Gasteiger partial charge in [-0.2, -0.15) is 4.99 Å². The Labute approximate surface area is 108 Å². The van der Waals surface area contributed by atoms with E-state index in [1.807, 2.05) is 34.9 Å². The molecule has 6 heteroatoms. The maximum Gasteiger partial charge on any atom is 0.207 e. The van der Waals surface area contributed by atoms with Gasteiger partial charge in [-0.25, -0.2) is 4.98 Å². The monoisotopic (exact) mass is 253 g/mol. The van der Waals surface area contributed by atoms with E-state index < -0.39 is 0 Å². The van der Waals surface area contributed by atoms with Crippen LogP contribution in [0.5, 0.6) is 0 Å². The molecule has 6 nitrogen and oxygen atoms in total. The van der Waals surface area contributed by atoms with Crippen molar-refractivity contribution in [2.45, 2.75) is 6.54 Å². The molecule has 0 unspecified atom stereocenters. The van der Waals surface area contributed by atoms with Crippen molar-refractivity contribution >= 4 is 22.7 Å². The number of imidazole rings is 1. The third kappa shape index (κ3) is 1.50. The highest BCUT2D eigenvalue weighted by molar-refractivity contribution is 5.83. The summed E-state index contributed by atoms with van der Waals surface area (Å²) in [6.07, 6.45) is 1.70. The van der Waals surface area contributed by atoms with Crippen LogP contribution in [-0.2, 0) is 6.54 Å². The minimum atomic E-state index is 0.394. The van der Waals surface area contributed by atoms with Gasteiger partial charge in [-0.1, -0.05) is 18.2 Å². The number of nitrogens with one attached hydrogen (secondary N) is 1. The van der Waals surface area contributed by atoms with E-state index in [2.05, 4.69) is 15.3 Å². The number of nitrogens with two attached hydrogens (primary N) is 1. The highest BCUT2D eigenvalue weighted by atomic mass is 16.4. The lowest BCUT2D eigenvalue weighted by molar-refractivity contribution is 0.580. The first-order chi connectivity index (χ1) is 9.31. The fourth-order valence-electron chi connectivity index (χ4n) is 2.20. The Morgan fingerprint density at radius 3 is 3.11 bits per heavy atom.